The molecule has 5 heterocycles. The molecule has 1 aromatic carbocycles. The minimum absolute atomic E-state index is 0.132. The molecule has 0 radical (unpaired) electrons. The Morgan fingerprint density at radius 1 is 1.06 bits per heavy atom. The van der Waals surface area contributed by atoms with Gasteiger partial charge in [-0.15, -0.1) is 0 Å². The van der Waals surface area contributed by atoms with Crippen LogP contribution in [0.4, 0.5) is 9.18 Å². The van der Waals surface area contributed by atoms with E-state index in [9.17, 15) is 9.59 Å². The number of carbonyl (C=O) groups is 2. The van der Waals surface area contributed by atoms with E-state index in [-0.39, 0.29) is 23.7 Å². The Labute approximate surface area is 275 Å². The van der Waals surface area contributed by atoms with Gasteiger partial charge < -0.3 is 19.1 Å². The quantitative estimate of drug-likeness (QED) is 0.224. The predicted molar refractivity (Wildman–Crippen MR) is 179 cm³/mol. The van der Waals surface area contributed by atoms with Gasteiger partial charge in [0.15, 0.2) is 5.82 Å². The maximum absolute atomic E-state index is 17.2. The molecule has 1 atom stereocenters. The van der Waals surface area contributed by atoms with Gasteiger partial charge in [-0.05, 0) is 83.9 Å². The number of aryl methyl sites for hydroxylation is 3. The van der Waals surface area contributed by atoms with Gasteiger partial charge in [-0.2, -0.15) is 5.10 Å². The van der Waals surface area contributed by atoms with Crippen molar-refractivity contribution in [1.29, 1.82) is 0 Å². The molecular weight excluding hydrogens is 595 g/mol. The zero-order valence-electron chi connectivity index (χ0n) is 28.4. The van der Waals surface area contributed by atoms with Crippen LogP contribution in [0.15, 0.2) is 30.5 Å². The summed E-state index contributed by atoms with van der Waals surface area (Å²) in [5.74, 6) is -0.148. The van der Waals surface area contributed by atoms with E-state index in [4.69, 9.17) is 9.72 Å². The highest BCUT2D eigenvalue weighted by atomic mass is 19.1. The molecule has 2 amide bonds. The molecule has 0 spiro atoms. The van der Waals surface area contributed by atoms with E-state index in [0.717, 1.165) is 65.0 Å². The van der Waals surface area contributed by atoms with E-state index in [0.29, 0.717) is 61.7 Å². The molecule has 2 aliphatic heterocycles. The Balaban J connectivity index is 1.38. The zero-order valence-corrected chi connectivity index (χ0v) is 28.4. The third-order valence-corrected chi connectivity index (χ3v) is 9.85. The molecule has 0 bridgehead atoms. The van der Waals surface area contributed by atoms with Crippen LogP contribution in [-0.2, 0) is 37.8 Å². The van der Waals surface area contributed by atoms with Crippen molar-refractivity contribution in [2.45, 2.75) is 97.9 Å². The molecule has 10 heteroatoms. The van der Waals surface area contributed by atoms with Crippen molar-refractivity contribution >= 4 is 22.9 Å². The number of hydrogen-bond donors (Lipinski definition) is 0. The fourth-order valence-corrected chi connectivity index (χ4v) is 7.38. The van der Waals surface area contributed by atoms with Crippen molar-refractivity contribution in [2.24, 2.45) is 13.0 Å². The number of carbonyl (C=O) groups excluding carboxylic acids is 2. The number of hydrogen-bond acceptors (Lipinski definition) is 5. The monoisotopic (exact) mass is 640 g/mol. The van der Waals surface area contributed by atoms with Crippen LogP contribution in [0.5, 0.6) is 0 Å². The van der Waals surface area contributed by atoms with E-state index in [1.807, 2.05) is 62.7 Å². The number of halogens is 1. The summed E-state index contributed by atoms with van der Waals surface area (Å²) in [4.78, 5) is 35.7. The molecule has 0 unspecified atom stereocenters. The number of fused-ring (bicyclic) bond motifs is 2. The molecule has 1 saturated heterocycles. The van der Waals surface area contributed by atoms with Crippen molar-refractivity contribution in [3.8, 4) is 11.1 Å². The highest BCUT2D eigenvalue weighted by molar-refractivity contribution is 6.05. The Hall–Kier alpha value is -4.21. The van der Waals surface area contributed by atoms with Gasteiger partial charge in [0.1, 0.15) is 5.60 Å². The van der Waals surface area contributed by atoms with E-state index in [1.165, 1.54) is 0 Å². The number of pyridine rings is 1. The molecule has 0 N–H and O–H groups in total. The topological polar surface area (TPSA) is 85.5 Å². The van der Waals surface area contributed by atoms with Gasteiger partial charge in [-0.25, -0.2) is 9.18 Å². The number of piperidine rings is 1. The van der Waals surface area contributed by atoms with Crippen molar-refractivity contribution in [3.63, 3.8) is 0 Å². The maximum atomic E-state index is 17.2. The summed E-state index contributed by atoms with van der Waals surface area (Å²) in [6, 6.07) is 7.77. The largest absolute Gasteiger partial charge is 0.444 e. The number of benzene rings is 1. The zero-order chi connectivity index (χ0) is 33.2. The molecule has 7 rings (SSSR count). The summed E-state index contributed by atoms with van der Waals surface area (Å²) in [6.07, 6.45) is 5.91. The first-order valence-corrected chi connectivity index (χ1v) is 17.0. The summed E-state index contributed by atoms with van der Waals surface area (Å²) in [5.41, 5.74) is 6.94. The van der Waals surface area contributed by atoms with Crippen LogP contribution in [0.3, 0.4) is 0 Å². The van der Waals surface area contributed by atoms with Gasteiger partial charge >= 0.3 is 6.09 Å². The highest BCUT2D eigenvalue weighted by Crippen LogP contribution is 2.43. The molecule has 3 aliphatic rings. The van der Waals surface area contributed by atoms with Gasteiger partial charge in [0, 0.05) is 78.2 Å². The number of nitrogens with zero attached hydrogens (tertiary/aromatic N) is 6. The van der Waals surface area contributed by atoms with Crippen LogP contribution in [0.1, 0.15) is 98.0 Å². The lowest BCUT2D eigenvalue weighted by atomic mass is 9.94. The molecule has 4 aromatic rings. The van der Waals surface area contributed by atoms with Crippen LogP contribution in [-0.4, -0.2) is 59.8 Å². The van der Waals surface area contributed by atoms with Gasteiger partial charge in [0.2, 0.25) is 0 Å². The van der Waals surface area contributed by atoms with Crippen LogP contribution in [0, 0.1) is 18.7 Å². The Kier molecular flexibility index (Phi) is 7.88. The Morgan fingerprint density at radius 2 is 1.85 bits per heavy atom. The first-order chi connectivity index (χ1) is 22.4. The second kappa shape index (κ2) is 11.8. The second-order valence-electron chi connectivity index (χ2n) is 14.6. The molecule has 3 aromatic heterocycles. The Morgan fingerprint density at radius 3 is 2.55 bits per heavy atom. The third-order valence-electron chi connectivity index (χ3n) is 9.85. The number of ether oxygens (including phenoxy) is 1. The lowest BCUT2D eigenvalue weighted by Gasteiger charge is -2.34. The number of rotatable bonds is 6. The average Bonchev–Trinajstić information content (AvgIpc) is 3.54. The number of likely N-dealkylation sites (tertiary alicyclic amines) is 1. The minimum Gasteiger partial charge on any atom is -0.444 e. The fraction of sp³-hybridized carbons (Fsp3) is 0.514. The van der Waals surface area contributed by atoms with Crippen LogP contribution >= 0.6 is 0 Å². The van der Waals surface area contributed by atoms with E-state index in [2.05, 4.69) is 22.7 Å². The van der Waals surface area contributed by atoms with Crippen molar-refractivity contribution in [1.82, 2.24) is 29.1 Å². The lowest BCUT2D eigenvalue weighted by molar-refractivity contribution is 0.0195. The van der Waals surface area contributed by atoms with Crippen LogP contribution < -0.4 is 0 Å². The van der Waals surface area contributed by atoms with Gasteiger partial charge in [0.05, 0.1) is 29.6 Å². The van der Waals surface area contributed by atoms with Gasteiger partial charge in [0.25, 0.3) is 5.91 Å². The van der Waals surface area contributed by atoms with Gasteiger partial charge in [-0.3, -0.25) is 14.5 Å². The molecule has 248 valence electrons. The molecule has 47 heavy (non-hydrogen) atoms. The van der Waals surface area contributed by atoms with E-state index < -0.39 is 5.60 Å². The van der Waals surface area contributed by atoms with Crippen LogP contribution in [0.2, 0.25) is 0 Å². The summed E-state index contributed by atoms with van der Waals surface area (Å²) < 4.78 is 26.9. The maximum Gasteiger partial charge on any atom is 0.410 e. The number of amides is 2. The van der Waals surface area contributed by atoms with Crippen LogP contribution in [0.25, 0.3) is 22.0 Å². The SMILES string of the molecule is CCc1nc(C)ccc1-c1cc(C(=O)N2Cc3cnn(C)c3C2)cc2c(F)c([C@H]3CCCN(C(=O)OC(C)(C)C)C3)n(CC3CC3)c12. The van der Waals surface area contributed by atoms with Crippen molar-refractivity contribution in [3.05, 3.63) is 70.2 Å². The standard InChI is InChI=1S/C37H45FN6O3/c1-7-30-27(13-10-22(2)40-30)28-15-25(35(45)43-20-26-17-39-41(6)31(26)21-43)16-29-32(38)33(44(34(28)29)18-23-11-12-23)24-9-8-14-42(19-24)36(46)47-37(3,4)5/h10,13,15-17,23-24H,7-9,11-12,14,18-21H2,1-6H3/t24-/m0/s1. The average molecular weight is 641 g/mol. The molecular formula is C37H45FN6O3. The fourth-order valence-electron chi connectivity index (χ4n) is 7.38. The van der Waals surface area contributed by atoms with E-state index >= 15 is 4.39 Å². The van der Waals surface area contributed by atoms with Crippen molar-refractivity contribution in [2.75, 3.05) is 13.1 Å². The normalized spacial score (nSPS) is 18.2. The lowest BCUT2D eigenvalue weighted by Crippen LogP contribution is -2.42. The van der Waals surface area contributed by atoms with Gasteiger partial charge in [-0.1, -0.05) is 13.0 Å². The first-order valence-electron chi connectivity index (χ1n) is 17.0. The predicted octanol–water partition coefficient (Wildman–Crippen LogP) is 7.13. The summed E-state index contributed by atoms with van der Waals surface area (Å²) >= 11 is 0. The third kappa shape index (κ3) is 5.91. The first kappa shape index (κ1) is 31.4. The molecule has 1 saturated carbocycles. The Bertz CT molecular complexity index is 1880. The van der Waals surface area contributed by atoms with E-state index in [1.54, 1.807) is 11.0 Å². The smallest absolute Gasteiger partial charge is 0.410 e. The minimum atomic E-state index is -0.611. The highest BCUT2D eigenvalue weighted by Gasteiger charge is 2.36. The molecule has 9 nitrogen and oxygen atoms in total. The summed E-state index contributed by atoms with van der Waals surface area (Å²) in [7, 11) is 1.89. The summed E-state index contributed by atoms with van der Waals surface area (Å²) in [6.45, 7) is 12.3. The number of aromatic nitrogens is 4. The molecule has 2 fully saturated rings. The second-order valence-corrected chi connectivity index (χ2v) is 14.6. The van der Waals surface area contributed by atoms with Crippen molar-refractivity contribution < 1.29 is 18.7 Å². The summed E-state index contributed by atoms with van der Waals surface area (Å²) in [5, 5.41) is 4.80. The molecule has 1 aliphatic carbocycles.